The number of hydrogen-bond acceptors (Lipinski definition) is 5. The Morgan fingerprint density at radius 3 is 2.59 bits per heavy atom. The standard InChI is InChI=1S/C19H25N5O.2ClH/c1-3-15-11-18(22-12-21-15)24-8-6-16(7-9-24)23-19(25)17-10-14(20)5-4-13(17)2;;/h4-5,10-12,16H,3,6-9,20H2,1-2H3,(H,23,25);2*1H. The van der Waals surface area contributed by atoms with Crippen LogP contribution in [0.25, 0.3) is 0 Å². The normalized spacial score (nSPS) is 14.1. The van der Waals surface area contributed by atoms with E-state index in [0.29, 0.717) is 11.3 Å². The summed E-state index contributed by atoms with van der Waals surface area (Å²) in [6.45, 7) is 5.77. The lowest BCUT2D eigenvalue weighted by molar-refractivity contribution is 0.0930. The highest BCUT2D eigenvalue weighted by molar-refractivity contribution is 5.96. The molecule has 6 nitrogen and oxygen atoms in total. The van der Waals surface area contributed by atoms with Crippen LogP contribution in [0.15, 0.2) is 30.6 Å². The first-order valence-electron chi connectivity index (χ1n) is 8.79. The van der Waals surface area contributed by atoms with E-state index in [1.54, 1.807) is 12.4 Å². The highest BCUT2D eigenvalue weighted by Gasteiger charge is 2.22. The van der Waals surface area contributed by atoms with E-state index in [4.69, 9.17) is 5.73 Å². The third-order valence-corrected chi connectivity index (χ3v) is 4.73. The molecule has 1 saturated heterocycles. The molecule has 0 spiro atoms. The van der Waals surface area contributed by atoms with Gasteiger partial charge in [-0.25, -0.2) is 9.97 Å². The molecule has 0 saturated carbocycles. The summed E-state index contributed by atoms with van der Waals surface area (Å²) in [5, 5.41) is 3.14. The van der Waals surface area contributed by atoms with E-state index in [9.17, 15) is 4.79 Å². The van der Waals surface area contributed by atoms with Gasteiger partial charge in [0.25, 0.3) is 5.91 Å². The molecule has 1 fully saturated rings. The number of halogens is 2. The van der Waals surface area contributed by atoms with Gasteiger partial charge in [0.05, 0.1) is 0 Å². The summed E-state index contributed by atoms with van der Waals surface area (Å²) in [6, 6.07) is 7.67. The zero-order valence-electron chi connectivity index (χ0n) is 15.6. The molecule has 0 bridgehead atoms. The SMILES string of the molecule is CCc1cc(N2CCC(NC(=O)c3cc(N)ccc3C)CC2)ncn1.Cl.Cl. The molecular formula is C19H27Cl2N5O. The molecule has 8 heteroatoms. The number of nitrogens with zero attached hydrogens (tertiary/aromatic N) is 3. The predicted molar refractivity (Wildman–Crippen MR) is 114 cm³/mol. The number of aromatic nitrogens is 2. The molecule has 0 atom stereocenters. The molecular weight excluding hydrogens is 385 g/mol. The van der Waals surface area contributed by atoms with Crippen LogP contribution in [0, 0.1) is 6.92 Å². The zero-order chi connectivity index (χ0) is 17.8. The molecule has 1 aromatic carbocycles. The first-order valence-corrected chi connectivity index (χ1v) is 8.79. The number of piperidine rings is 1. The fourth-order valence-corrected chi connectivity index (χ4v) is 3.15. The Labute approximate surface area is 172 Å². The topological polar surface area (TPSA) is 84.1 Å². The summed E-state index contributed by atoms with van der Waals surface area (Å²) in [6.07, 6.45) is 4.34. The maximum atomic E-state index is 12.5. The lowest BCUT2D eigenvalue weighted by Gasteiger charge is -2.33. The summed E-state index contributed by atoms with van der Waals surface area (Å²) < 4.78 is 0. The molecule has 0 unspecified atom stereocenters. The van der Waals surface area contributed by atoms with Crippen molar-refractivity contribution < 1.29 is 4.79 Å². The molecule has 0 radical (unpaired) electrons. The number of aryl methyl sites for hydroxylation is 2. The zero-order valence-corrected chi connectivity index (χ0v) is 17.3. The average molecular weight is 412 g/mol. The first kappa shape index (κ1) is 23.0. The van der Waals surface area contributed by atoms with Crippen molar-refractivity contribution in [3.8, 4) is 0 Å². The van der Waals surface area contributed by atoms with Gasteiger partial charge in [0.15, 0.2) is 0 Å². The number of amides is 1. The minimum atomic E-state index is -0.0430. The minimum absolute atomic E-state index is 0. The number of rotatable bonds is 4. The van der Waals surface area contributed by atoms with Crippen LogP contribution in [0.5, 0.6) is 0 Å². The van der Waals surface area contributed by atoms with Crippen molar-refractivity contribution in [1.29, 1.82) is 0 Å². The molecule has 148 valence electrons. The van der Waals surface area contributed by atoms with Crippen molar-refractivity contribution in [2.24, 2.45) is 0 Å². The summed E-state index contributed by atoms with van der Waals surface area (Å²) in [5.74, 6) is 0.932. The van der Waals surface area contributed by atoms with Gasteiger partial charge in [-0.2, -0.15) is 0 Å². The molecule has 1 aromatic heterocycles. The molecule has 2 heterocycles. The number of nitrogen functional groups attached to an aromatic ring is 1. The van der Waals surface area contributed by atoms with E-state index in [1.807, 2.05) is 19.1 Å². The molecule has 3 rings (SSSR count). The van der Waals surface area contributed by atoms with Crippen LogP contribution in [0.3, 0.4) is 0 Å². The Bertz CT molecular complexity index is 764. The molecule has 1 amide bonds. The Kier molecular flexibility index (Phi) is 8.79. The number of nitrogens with one attached hydrogen (secondary N) is 1. The van der Waals surface area contributed by atoms with Crippen molar-refractivity contribution in [1.82, 2.24) is 15.3 Å². The van der Waals surface area contributed by atoms with Crippen LogP contribution in [-0.4, -0.2) is 35.0 Å². The maximum Gasteiger partial charge on any atom is 0.251 e. The number of anilines is 2. The molecule has 2 aromatic rings. The fourth-order valence-electron chi connectivity index (χ4n) is 3.15. The smallest absolute Gasteiger partial charge is 0.251 e. The van der Waals surface area contributed by atoms with E-state index in [2.05, 4.69) is 33.2 Å². The lowest BCUT2D eigenvalue weighted by atomic mass is 10.0. The Morgan fingerprint density at radius 2 is 1.93 bits per heavy atom. The predicted octanol–water partition coefficient (Wildman–Crippen LogP) is 3.17. The Hall–Kier alpha value is -2.05. The first-order chi connectivity index (χ1) is 12.1. The van der Waals surface area contributed by atoms with Gasteiger partial charge in [-0.3, -0.25) is 4.79 Å². The second kappa shape index (κ2) is 10.3. The monoisotopic (exact) mass is 411 g/mol. The number of carbonyl (C=O) groups excluding carboxylic acids is 1. The summed E-state index contributed by atoms with van der Waals surface area (Å²) in [5.41, 5.74) is 9.07. The number of hydrogen-bond donors (Lipinski definition) is 2. The van der Waals surface area contributed by atoms with Crippen molar-refractivity contribution in [2.75, 3.05) is 23.7 Å². The third kappa shape index (κ3) is 5.71. The fraction of sp³-hybridized carbons (Fsp3) is 0.421. The quantitative estimate of drug-likeness (QED) is 0.754. The minimum Gasteiger partial charge on any atom is -0.399 e. The molecule has 3 N–H and O–H groups in total. The van der Waals surface area contributed by atoms with Gasteiger partial charge >= 0.3 is 0 Å². The van der Waals surface area contributed by atoms with Crippen molar-refractivity contribution in [2.45, 2.75) is 39.2 Å². The maximum absolute atomic E-state index is 12.5. The van der Waals surface area contributed by atoms with E-state index in [0.717, 1.165) is 49.4 Å². The third-order valence-electron chi connectivity index (χ3n) is 4.73. The highest BCUT2D eigenvalue weighted by Crippen LogP contribution is 2.19. The van der Waals surface area contributed by atoms with Gasteiger partial charge in [0, 0.05) is 42.1 Å². The van der Waals surface area contributed by atoms with Crippen molar-refractivity contribution in [3.05, 3.63) is 47.4 Å². The van der Waals surface area contributed by atoms with Crippen molar-refractivity contribution in [3.63, 3.8) is 0 Å². The number of nitrogens with two attached hydrogens (primary N) is 1. The van der Waals surface area contributed by atoms with Gasteiger partial charge < -0.3 is 16.0 Å². The average Bonchev–Trinajstić information content (AvgIpc) is 2.64. The van der Waals surface area contributed by atoms with Crippen LogP contribution >= 0.6 is 24.8 Å². The van der Waals surface area contributed by atoms with Gasteiger partial charge in [0.1, 0.15) is 12.1 Å². The summed E-state index contributed by atoms with van der Waals surface area (Å²) >= 11 is 0. The molecule has 1 aliphatic rings. The summed E-state index contributed by atoms with van der Waals surface area (Å²) in [7, 11) is 0. The van der Waals surface area contributed by atoms with E-state index >= 15 is 0 Å². The van der Waals surface area contributed by atoms with E-state index in [1.165, 1.54) is 0 Å². The number of carbonyl (C=O) groups is 1. The molecule has 27 heavy (non-hydrogen) atoms. The van der Waals surface area contributed by atoms with Crippen LogP contribution in [0.1, 0.15) is 41.4 Å². The highest BCUT2D eigenvalue weighted by atomic mass is 35.5. The van der Waals surface area contributed by atoms with Crippen LogP contribution in [0.4, 0.5) is 11.5 Å². The van der Waals surface area contributed by atoms with E-state index in [-0.39, 0.29) is 36.8 Å². The van der Waals surface area contributed by atoms with Crippen LogP contribution < -0.4 is 16.0 Å². The van der Waals surface area contributed by atoms with Crippen molar-refractivity contribution >= 4 is 42.2 Å². The summed E-state index contributed by atoms with van der Waals surface area (Å²) in [4.78, 5) is 23.4. The second-order valence-corrected chi connectivity index (χ2v) is 6.53. The number of benzene rings is 1. The van der Waals surface area contributed by atoms with Gasteiger partial charge in [-0.05, 0) is 43.9 Å². The van der Waals surface area contributed by atoms with E-state index < -0.39 is 0 Å². The Balaban J connectivity index is 0.00000182. The second-order valence-electron chi connectivity index (χ2n) is 6.53. The van der Waals surface area contributed by atoms with Gasteiger partial charge in [-0.1, -0.05) is 13.0 Å². The van der Waals surface area contributed by atoms with Crippen LogP contribution in [-0.2, 0) is 6.42 Å². The van der Waals surface area contributed by atoms with Gasteiger partial charge in [0.2, 0.25) is 0 Å². The van der Waals surface area contributed by atoms with Crippen LogP contribution in [0.2, 0.25) is 0 Å². The Morgan fingerprint density at radius 1 is 1.22 bits per heavy atom. The molecule has 1 aliphatic heterocycles. The molecule has 0 aliphatic carbocycles. The van der Waals surface area contributed by atoms with Gasteiger partial charge in [-0.15, -0.1) is 24.8 Å². The largest absolute Gasteiger partial charge is 0.399 e. The lowest BCUT2D eigenvalue weighted by Crippen LogP contribution is -2.45.